The van der Waals surface area contributed by atoms with E-state index in [1.807, 2.05) is 36.4 Å². The van der Waals surface area contributed by atoms with Crippen molar-refractivity contribution in [3.63, 3.8) is 0 Å². The van der Waals surface area contributed by atoms with E-state index in [1.165, 1.54) is 77.0 Å². The quantitative estimate of drug-likeness (QED) is 0.136. The smallest absolute Gasteiger partial charge is 0.314 e. The number of unbranched alkanes of at least 4 members (excludes halogenated alkanes) is 13. The second-order valence-electron chi connectivity index (χ2n) is 10.2. The van der Waals surface area contributed by atoms with Crippen molar-refractivity contribution < 1.29 is 19.4 Å². The summed E-state index contributed by atoms with van der Waals surface area (Å²) in [5, 5.41) is 9.45. The number of benzene rings is 1. The third kappa shape index (κ3) is 10.9. The first-order valence-electron chi connectivity index (χ1n) is 14.6. The zero-order valence-electron chi connectivity index (χ0n) is 22.9. The molecule has 36 heavy (non-hydrogen) atoms. The maximum Gasteiger partial charge on any atom is 0.314 e. The van der Waals surface area contributed by atoms with Gasteiger partial charge in [-0.1, -0.05) is 128 Å². The topological polar surface area (TPSA) is 55.8 Å². The fourth-order valence-corrected chi connectivity index (χ4v) is 4.76. The second-order valence-corrected chi connectivity index (χ2v) is 10.2. The summed E-state index contributed by atoms with van der Waals surface area (Å²) in [4.78, 5) is 11.5. The van der Waals surface area contributed by atoms with Gasteiger partial charge >= 0.3 is 5.97 Å². The summed E-state index contributed by atoms with van der Waals surface area (Å²) in [5.41, 5.74) is 0.160. The van der Waals surface area contributed by atoms with E-state index < -0.39 is 17.5 Å². The van der Waals surface area contributed by atoms with Crippen LogP contribution in [0.4, 0.5) is 0 Å². The highest BCUT2D eigenvalue weighted by molar-refractivity contribution is 5.75. The highest BCUT2D eigenvalue weighted by Gasteiger charge is 2.34. The number of rotatable bonds is 21. The summed E-state index contributed by atoms with van der Waals surface area (Å²) in [5.74, 6) is -0.642. The van der Waals surface area contributed by atoms with Crippen LogP contribution in [0.3, 0.4) is 0 Å². The van der Waals surface area contributed by atoms with Crippen LogP contribution in [0.15, 0.2) is 48.6 Å². The van der Waals surface area contributed by atoms with Gasteiger partial charge in [-0.25, -0.2) is 0 Å². The molecule has 0 saturated heterocycles. The fraction of sp³-hybridized carbons (Fsp3) is 0.656. The molecule has 0 fully saturated rings. The number of para-hydroxylation sites is 1. The summed E-state index contributed by atoms with van der Waals surface area (Å²) in [6.45, 7) is 5.81. The molecule has 4 nitrogen and oxygen atoms in total. The Morgan fingerprint density at radius 3 is 1.81 bits per heavy atom. The van der Waals surface area contributed by atoms with Crippen molar-refractivity contribution in [1.29, 1.82) is 0 Å². The highest BCUT2D eigenvalue weighted by atomic mass is 16.5. The third-order valence-electron chi connectivity index (χ3n) is 7.04. The molecule has 0 spiro atoms. The molecule has 1 aliphatic rings. The van der Waals surface area contributed by atoms with Gasteiger partial charge in [-0.15, -0.1) is 0 Å². The molecule has 1 N–H and O–H groups in total. The van der Waals surface area contributed by atoms with E-state index in [4.69, 9.17) is 9.47 Å². The van der Waals surface area contributed by atoms with Crippen LogP contribution in [0.5, 0.6) is 5.75 Å². The predicted octanol–water partition coefficient (Wildman–Crippen LogP) is 9.00. The zero-order chi connectivity index (χ0) is 25.9. The van der Waals surface area contributed by atoms with Crippen LogP contribution in [0.2, 0.25) is 0 Å². The first kappa shape index (κ1) is 30.2. The van der Waals surface area contributed by atoms with Crippen LogP contribution >= 0.6 is 0 Å². The molecule has 0 unspecified atom stereocenters. The van der Waals surface area contributed by atoms with E-state index in [-0.39, 0.29) is 0 Å². The van der Waals surface area contributed by atoms with E-state index in [0.29, 0.717) is 13.2 Å². The minimum Gasteiger partial charge on any atom is -0.493 e. The lowest BCUT2D eigenvalue weighted by atomic mass is 9.85. The van der Waals surface area contributed by atoms with E-state index in [9.17, 15) is 9.90 Å². The number of carbonyl (C=O) groups is 1. The van der Waals surface area contributed by atoms with Gasteiger partial charge in [0.05, 0.1) is 12.5 Å². The van der Waals surface area contributed by atoms with Crippen LogP contribution < -0.4 is 4.74 Å². The molecule has 2 rings (SSSR count). The van der Waals surface area contributed by atoms with Crippen molar-refractivity contribution in [1.82, 2.24) is 0 Å². The Hall–Kier alpha value is -2.07. The summed E-state index contributed by atoms with van der Waals surface area (Å²) >= 11 is 0. The maximum absolute atomic E-state index is 11.5. The van der Waals surface area contributed by atoms with Crippen molar-refractivity contribution in [3.8, 4) is 5.75 Å². The standard InChI is InChI=1S/C32H50O4/c1-3-5-7-9-11-13-14-18-26-35-30-21-17-16-20-29(30)32(24-22-28(23-25-32)31(33)34)36-27-19-15-12-10-8-6-4-2/h16-17,20-25,28H,3-15,18-19,26-27H2,1-2H3,(H,33,34). The van der Waals surface area contributed by atoms with Gasteiger partial charge in [0, 0.05) is 12.2 Å². The molecular weight excluding hydrogens is 448 g/mol. The Morgan fingerprint density at radius 1 is 0.750 bits per heavy atom. The van der Waals surface area contributed by atoms with Crippen LogP contribution in [-0.2, 0) is 15.1 Å². The number of aliphatic carboxylic acids is 1. The van der Waals surface area contributed by atoms with Crippen molar-refractivity contribution in [2.75, 3.05) is 13.2 Å². The molecule has 1 aliphatic carbocycles. The van der Waals surface area contributed by atoms with Gasteiger partial charge in [-0.2, -0.15) is 0 Å². The van der Waals surface area contributed by atoms with Crippen molar-refractivity contribution >= 4 is 5.97 Å². The number of ether oxygens (including phenoxy) is 2. The van der Waals surface area contributed by atoms with E-state index in [2.05, 4.69) is 13.8 Å². The van der Waals surface area contributed by atoms with Gasteiger partial charge in [0.1, 0.15) is 11.4 Å². The first-order chi connectivity index (χ1) is 17.6. The molecule has 0 heterocycles. The fourth-order valence-electron chi connectivity index (χ4n) is 4.76. The number of hydrogen-bond acceptors (Lipinski definition) is 3. The molecule has 0 bridgehead atoms. The monoisotopic (exact) mass is 498 g/mol. The molecule has 0 aromatic heterocycles. The molecule has 1 aromatic rings. The molecular formula is C32H50O4. The molecule has 0 amide bonds. The van der Waals surface area contributed by atoms with Crippen LogP contribution in [0.25, 0.3) is 0 Å². The van der Waals surface area contributed by atoms with Gasteiger partial charge in [0.15, 0.2) is 0 Å². The van der Waals surface area contributed by atoms with Crippen molar-refractivity contribution in [2.24, 2.45) is 5.92 Å². The Labute approximate surface area is 220 Å². The minimum absolute atomic E-state index is 0.620. The second kappa shape index (κ2) is 18.2. The summed E-state index contributed by atoms with van der Waals surface area (Å²) in [7, 11) is 0. The lowest BCUT2D eigenvalue weighted by Gasteiger charge is -2.32. The molecule has 4 heteroatoms. The predicted molar refractivity (Wildman–Crippen MR) is 150 cm³/mol. The summed E-state index contributed by atoms with van der Waals surface area (Å²) in [6.07, 6.45) is 26.0. The molecule has 0 radical (unpaired) electrons. The van der Waals surface area contributed by atoms with Crippen molar-refractivity contribution in [3.05, 3.63) is 54.1 Å². The average Bonchev–Trinajstić information content (AvgIpc) is 2.89. The summed E-state index contributed by atoms with van der Waals surface area (Å²) in [6, 6.07) is 8.04. The Bertz CT molecular complexity index is 768. The van der Waals surface area contributed by atoms with Crippen molar-refractivity contribution in [2.45, 2.75) is 116 Å². The lowest BCUT2D eigenvalue weighted by Crippen LogP contribution is -2.30. The van der Waals surface area contributed by atoms with Crippen LogP contribution in [0, 0.1) is 5.92 Å². The van der Waals surface area contributed by atoms with E-state index in [1.54, 1.807) is 12.2 Å². The normalized spacial score (nSPS) is 19.0. The molecule has 0 aliphatic heterocycles. The lowest BCUT2D eigenvalue weighted by molar-refractivity contribution is -0.138. The van der Waals surface area contributed by atoms with Gasteiger partial charge in [0.2, 0.25) is 0 Å². The molecule has 0 atom stereocenters. The number of hydrogen-bond donors (Lipinski definition) is 1. The molecule has 0 saturated carbocycles. The third-order valence-corrected chi connectivity index (χ3v) is 7.04. The van der Waals surface area contributed by atoms with Gasteiger partial charge in [0.25, 0.3) is 0 Å². The largest absolute Gasteiger partial charge is 0.493 e. The highest BCUT2D eigenvalue weighted by Crippen LogP contribution is 2.39. The molecule has 202 valence electrons. The average molecular weight is 499 g/mol. The SMILES string of the molecule is CCCCCCCCCCOc1ccccc1C1(OCCCCCCCCC)C=CC(C(=O)O)C=C1. The summed E-state index contributed by atoms with van der Waals surface area (Å²) < 4.78 is 12.8. The number of carboxylic acid groups (broad SMARTS) is 1. The van der Waals surface area contributed by atoms with E-state index >= 15 is 0 Å². The van der Waals surface area contributed by atoms with E-state index in [0.717, 1.165) is 30.6 Å². The van der Waals surface area contributed by atoms with Gasteiger partial charge in [-0.3, -0.25) is 4.79 Å². The Kier molecular flexibility index (Phi) is 15.3. The Balaban J connectivity index is 1.94. The molecule has 1 aromatic carbocycles. The van der Waals surface area contributed by atoms with Crippen LogP contribution in [0.1, 0.15) is 116 Å². The Morgan fingerprint density at radius 2 is 1.25 bits per heavy atom. The maximum atomic E-state index is 11.5. The van der Waals surface area contributed by atoms with Crippen LogP contribution in [-0.4, -0.2) is 24.3 Å². The zero-order valence-corrected chi connectivity index (χ0v) is 22.9. The number of carboxylic acids is 1. The van der Waals surface area contributed by atoms with Gasteiger partial charge in [-0.05, 0) is 31.1 Å². The minimum atomic E-state index is -0.845. The van der Waals surface area contributed by atoms with Gasteiger partial charge < -0.3 is 14.6 Å². The first-order valence-corrected chi connectivity index (χ1v) is 14.6.